The van der Waals surface area contributed by atoms with Gasteiger partial charge in [0.15, 0.2) is 0 Å². The Morgan fingerprint density at radius 1 is 1.12 bits per heavy atom. The minimum atomic E-state index is 0.0636. The first-order chi connectivity index (χ1) is 7.78. The van der Waals surface area contributed by atoms with Gasteiger partial charge in [-0.15, -0.1) is 0 Å². The zero-order chi connectivity index (χ0) is 12.2. The van der Waals surface area contributed by atoms with Crippen molar-refractivity contribution in [1.82, 2.24) is 0 Å². The molecule has 3 nitrogen and oxygen atoms in total. The fraction of sp³-hybridized carbons (Fsp3) is 1.00. The molecule has 0 aromatic rings. The third-order valence-corrected chi connectivity index (χ3v) is 2.87. The highest BCUT2D eigenvalue weighted by Crippen LogP contribution is 2.12. The van der Waals surface area contributed by atoms with Gasteiger partial charge < -0.3 is 15.2 Å². The van der Waals surface area contributed by atoms with Crippen LogP contribution in [0.3, 0.4) is 0 Å². The van der Waals surface area contributed by atoms with E-state index in [1.165, 1.54) is 25.7 Å². The van der Waals surface area contributed by atoms with E-state index in [-0.39, 0.29) is 6.10 Å². The zero-order valence-corrected chi connectivity index (χ0v) is 11.2. The van der Waals surface area contributed by atoms with Crippen LogP contribution in [-0.2, 0) is 9.47 Å². The van der Waals surface area contributed by atoms with Crippen molar-refractivity contribution in [2.75, 3.05) is 26.4 Å². The third-order valence-electron chi connectivity index (χ3n) is 2.87. The van der Waals surface area contributed by atoms with Crippen molar-refractivity contribution in [3.63, 3.8) is 0 Å². The minimum absolute atomic E-state index is 0.0636. The maximum atomic E-state index is 5.68. The largest absolute Gasteiger partial charge is 0.378 e. The first kappa shape index (κ1) is 15.9. The summed E-state index contributed by atoms with van der Waals surface area (Å²) in [5.74, 6) is 0.694. The van der Waals surface area contributed by atoms with E-state index >= 15 is 0 Å². The van der Waals surface area contributed by atoms with Gasteiger partial charge in [0.25, 0.3) is 0 Å². The molecule has 2 N–H and O–H groups in total. The van der Waals surface area contributed by atoms with Crippen LogP contribution in [0.15, 0.2) is 0 Å². The van der Waals surface area contributed by atoms with Crippen molar-refractivity contribution in [3.8, 4) is 0 Å². The number of ether oxygens (including phenoxy) is 2. The van der Waals surface area contributed by atoms with Crippen LogP contribution in [0.4, 0.5) is 0 Å². The molecule has 2 unspecified atom stereocenters. The standard InChI is InChI=1S/C13H29NO2/c1-4-7-8-12(5-2)10-15-11-13(9-14)16-6-3/h12-13H,4-11,14H2,1-3H3. The molecule has 3 heteroatoms. The molecule has 0 spiro atoms. The highest BCUT2D eigenvalue weighted by atomic mass is 16.5. The van der Waals surface area contributed by atoms with Crippen molar-refractivity contribution >= 4 is 0 Å². The van der Waals surface area contributed by atoms with Crippen LogP contribution in [0.2, 0.25) is 0 Å². The Morgan fingerprint density at radius 3 is 2.38 bits per heavy atom. The minimum Gasteiger partial charge on any atom is -0.378 e. The number of rotatable bonds is 11. The number of unbranched alkanes of at least 4 members (excludes halogenated alkanes) is 1. The summed E-state index contributed by atoms with van der Waals surface area (Å²) in [7, 11) is 0. The van der Waals surface area contributed by atoms with Crippen molar-refractivity contribution in [2.24, 2.45) is 11.7 Å². The van der Waals surface area contributed by atoms with E-state index in [2.05, 4.69) is 13.8 Å². The van der Waals surface area contributed by atoms with E-state index in [0.717, 1.165) is 6.61 Å². The number of nitrogens with two attached hydrogens (primary N) is 1. The van der Waals surface area contributed by atoms with E-state index in [1.54, 1.807) is 0 Å². The Labute approximate surface area is 101 Å². The van der Waals surface area contributed by atoms with Crippen LogP contribution >= 0.6 is 0 Å². The molecule has 0 bridgehead atoms. The normalized spacial score (nSPS) is 15.0. The van der Waals surface area contributed by atoms with Gasteiger partial charge in [-0.2, -0.15) is 0 Å². The summed E-state index contributed by atoms with van der Waals surface area (Å²) in [4.78, 5) is 0. The molecule has 0 aromatic carbocycles. The summed E-state index contributed by atoms with van der Waals surface area (Å²) >= 11 is 0. The van der Waals surface area contributed by atoms with Crippen LogP contribution in [0.25, 0.3) is 0 Å². The van der Waals surface area contributed by atoms with Crippen LogP contribution in [0.1, 0.15) is 46.5 Å². The number of hydrogen-bond donors (Lipinski definition) is 1. The van der Waals surface area contributed by atoms with E-state index in [9.17, 15) is 0 Å². The van der Waals surface area contributed by atoms with Crippen molar-refractivity contribution in [1.29, 1.82) is 0 Å². The van der Waals surface area contributed by atoms with Gasteiger partial charge in [-0.1, -0.05) is 33.1 Å². The molecule has 0 aliphatic heterocycles. The van der Waals surface area contributed by atoms with Crippen molar-refractivity contribution < 1.29 is 9.47 Å². The quantitative estimate of drug-likeness (QED) is 0.594. The molecule has 0 fully saturated rings. The van der Waals surface area contributed by atoms with Gasteiger partial charge >= 0.3 is 0 Å². The Morgan fingerprint density at radius 2 is 1.88 bits per heavy atom. The molecule has 0 amide bonds. The highest BCUT2D eigenvalue weighted by Gasteiger charge is 2.09. The Kier molecular flexibility index (Phi) is 11.3. The summed E-state index contributed by atoms with van der Waals surface area (Å²) in [6.45, 7) is 9.17. The second-order valence-corrected chi connectivity index (χ2v) is 4.27. The Bertz CT molecular complexity index is 142. The summed E-state index contributed by atoms with van der Waals surface area (Å²) in [6.07, 6.45) is 5.10. The highest BCUT2D eigenvalue weighted by molar-refractivity contribution is 4.59. The van der Waals surface area contributed by atoms with Gasteiger partial charge in [0.2, 0.25) is 0 Å². The lowest BCUT2D eigenvalue weighted by Crippen LogP contribution is -2.29. The molecule has 16 heavy (non-hydrogen) atoms. The van der Waals surface area contributed by atoms with Crippen molar-refractivity contribution in [3.05, 3.63) is 0 Å². The lowest BCUT2D eigenvalue weighted by molar-refractivity contribution is -0.0168. The Balaban J connectivity index is 3.58. The van der Waals surface area contributed by atoms with Gasteiger partial charge in [-0.05, 0) is 19.3 Å². The number of hydrogen-bond acceptors (Lipinski definition) is 3. The summed E-state index contributed by atoms with van der Waals surface area (Å²) in [6, 6.07) is 0. The molecule has 0 saturated heterocycles. The smallest absolute Gasteiger partial charge is 0.0930 e. The predicted octanol–water partition coefficient (Wildman–Crippen LogP) is 2.58. The van der Waals surface area contributed by atoms with Gasteiger partial charge in [0.05, 0.1) is 12.7 Å². The lowest BCUT2D eigenvalue weighted by Gasteiger charge is -2.18. The second kappa shape index (κ2) is 11.4. The van der Waals surface area contributed by atoms with Crippen LogP contribution < -0.4 is 5.73 Å². The third kappa shape index (κ3) is 8.08. The SMILES string of the molecule is CCCCC(CC)COCC(CN)OCC. The van der Waals surface area contributed by atoms with Crippen molar-refractivity contribution in [2.45, 2.75) is 52.6 Å². The van der Waals surface area contributed by atoms with E-state index in [0.29, 0.717) is 25.7 Å². The van der Waals surface area contributed by atoms with Gasteiger partial charge in [-0.3, -0.25) is 0 Å². The first-order valence-corrected chi connectivity index (χ1v) is 6.67. The van der Waals surface area contributed by atoms with Gasteiger partial charge in [-0.25, -0.2) is 0 Å². The lowest BCUT2D eigenvalue weighted by atomic mass is 10.0. The van der Waals surface area contributed by atoms with Crippen LogP contribution in [0.5, 0.6) is 0 Å². The average molecular weight is 231 g/mol. The topological polar surface area (TPSA) is 44.5 Å². The molecule has 0 radical (unpaired) electrons. The van der Waals surface area contributed by atoms with Crippen LogP contribution in [-0.4, -0.2) is 32.5 Å². The molecular weight excluding hydrogens is 202 g/mol. The molecule has 2 atom stereocenters. The molecule has 0 aliphatic carbocycles. The predicted molar refractivity (Wildman–Crippen MR) is 68.6 cm³/mol. The maximum Gasteiger partial charge on any atom is 0.0930 e. The molecule has 0 saturated carbocycles. The second-order valence-electron chi connectivity index (χ2n) is 4.27. The molecule has 98 valence electrons. The van der Waals surface area contributed by atoms with Gasteiger partial charge in [0, 0.05) is 19.8 Å². The van der Waals surface area contributed by atoms with E-state index in [4.69, 9.17) is 15.2 Å². The molecule has 0 aliphatic rings. The maximum absolute atomic E-state index is 5.68. The first-order valence-electron chi connectivity index (χ1n) is 6.67. The van der Waals surface area contributed by atoms with Crippen LogP contribution in [0, 0.1) is 5.92 Å². The van der Waals surface area contributed by atoms with E-state index < -0.39 is 0 Å². The summed E-state index contributed by atoms with van der Waals surface area (Å²) in [5.41, 5.74) is 5.58. The zero-order valence-electron chi connectivity index (χ0n) is 11.2. The fourth-order valence-electron chi connectivity index (χ4n) is 1.68. The monoisotopic (exact) mass is 231 g/mol. The molecule has 0 rings (SSSR count). The molecule has 0 heterocycles. The fourth-order valence-corrected chi connectivity index (χ4v) is 1.68. The molecule has 0 aromatic heterocycles. The Hall–Kier alpha value is -0.120. The molecular formula is C13H29NO2. The average Bonchev–Trinajstić information content (AvgIpc) is 2.32. The summed E-state index contributed by atoms with van der Waals surface area (Å²) < 4.78 is 11.1. The van der Waals surface area contributed by atoms with E-state index in [1.807, 2.05) is 6.92 Å². The van der Waals surface area contributed by atoms with Gasteiger partial charge in [0.1, 0.15) is 0 Å². The summed E-state index contributed by atoms with van der Waals surface area (Å²) in [5, 5.41) is 0.